The van der Waals surface area contributed by atoms with Crippen LogP contribution < -0.4 is 0 Å². The van der Waals surface area contributed by atoms with Gasteiger partial charge in [-0.15, -0.1) is 0 Å². The summed E-state index contributed by atoms with van der Waals surface area (Å²) in [5.74, 6) is 0.239. The van der Waals surface area contributed by atoms with Gasteiger partial charge in [-0.2, -0.15) is 0 Å². The van der Waals surface area contributed by atoms with E-state index in [1.165, 1.54) is 0 Å². The highest BCUT2D eigenvalue weighted by Crippen LogP contribution is 2.19. The molecule has 2 rings (SSSR count). The largest absolute Gasteiger partial charge is 0.508 e. The maximum absolute atomic E-state index is 9.23. The smallest absolute Gasteiger partial charge is 0.116 e. The summed E-state index contributed by atoms with van der Waals surface area (Å²) in [6.07, 6.45) is 4.90. The molecule has 0 unspecified atom stereocenters. The third kappa shape index (κ3) is 1.64. The minimum Gasteiger partial charge on any atom is -0.508 e. The average molecular weight is 172 g/mol. The van der Waals surface area contributed by atoms with E-state index in [4.69, 9.17) is 0 Å². The molecule has 0 saturated carbocycles. The molecular weight excluding hydrogens is 164 g/mol. The molecule has 0 bridgehead atoms. The van der Waals surface area contributed by atoms with Gasteiger partial charge in [0.05, 0.1) is 11.9 Å². The van der Waals surface area contributed by atoms with Gasteiger partial charge in [0.2, 0.25) is 0 Å². The fraction of sp³-hybridized carbons (Fsp3) is 0. The first-order valence-corrected chi connectivity index (χ1v) is 3.92. The standard InChI is InChI=1S/C10H8N2O/c13-9-3-1-2-8(6-9)10-7-11-4-5-12-10/h1-7,13H. The molecule has 13 heavy (non-hydrogen) atoms. The number of aromatic nitrogens is 2. The van der Waals surface area contributed by atoms with Crippen molar-refractivity contribution in [3.05, 3.63) is 42.9 Å². The lowest BCUT2D eigenvalue weighted by Gasteiger charge is -1.99. The van der Waals surface area contributed by atoms with E-state index in [1.54, 1.807) is 36.8 Å². The lowest BCUT2D eigenvalue weighted by Crippen LogP contribution is -1.82. The number of hydrogen-bond donors (Lipinski definition) is 1. The number of hydrogen-bond acceptors (Lipinski definition) is 3. The monoisotopic (exact) mass is 172 g/mol. The second-order valence-electron chi connectivity index (χ2n) is 2.64. The molecule has 0 aliphatic heterocycles. The zero-order valence-corrected chi connectivity index (χ0v) is 6.88. The van der Waals surface area contributed by atoms with Gasteiger partial charge in [0.1, 0.15) is 5.75 Å². The first-order chi connectivity index (χ1) is 6.36. The van der Waals surface area contributed by atoms with Crippen LogP contribution in [0.15, 0.2) is 42.9 Å². The first kappa shape index (κ1) is 7.73. The zero-order valence-electron chi connectivity index (χ0n) is 6.88. The van der Waals surface area contributed by atoms with Crippen LogP contribution >= 0.6 is 0 Å². The SMILES string of the molecule is Oc1cccc(-c2cnccn2)c1. The summed E-state index contributed by atoms with van der Waals surface area (Å²) in [6, 6.07) is 6.94. The van der Waals surface area contributed by atoms with E-state index in [-0.39, 0.29) is 5.75 Å². The van der Waals surface area contributed by atoms with E-state index in [2.05, 4.69) is 9.97 Å². The molecule has 0 atom stereocenters. The van der Waals surface area contributed by atoms with E-state index >= 15 is 0 Å². The highest BCUT2D eigenvalue weighted by molar-refractivity contribution is 5.59. The van der Waals surface area contributed by atoms with Crippen molar-refractivity contribution < 1.29 is 5.11 Å². The minimum atomic E-state index is 0.239. The van der Waals surface area contributed by atoms with Crippen LogP contribution in [-0.2, 0) is 0 Å². The van der Waals surface area contributed by atoms with Gasteiger partial charge in [-0.05, 0) is 12.1 Å². The Morgan fingerprint density at radius 1 is 1.15 bits per heavy atom. The molecule has 1 N–H and O–H groups in total. The van der Waals surface area contributed by atoms with Gasteiger partial charge in [0, 0.05) is 18.0 Å². The van der Waals surface area contributed by atoms with E-state index in [0.29, 0.717) is 0 Å². The van der Waals surface area contributed by atoms with Crippen molar-refractivity contribution in [1.29, 1.82) is 0 Å². The van der Waals surface area contributed by atoms with Crippen molar-refractivity contribution in [3.8, 4) is 17.0 Å². The van der Waals surface area contributed by atoms with Crippen LogP contribution in [0.25, 0.3) is 11.3 Å². The Kier molecular flexibility index (Phi) is 1.92. The number of nitrogens with zero attached hydrogens (tertiary/aromatic N) is 2. The molecule has 0 fully saturated rings. The van der Waals surface area contributed by atoms with E-state index < -0.39 is 0 Å². The normalized spacial score (nSPS) is 9.85. The summed E-state index contributed by atoms with van der Waals surface area (Å²) >= 11 is 0. The number of rotatable bonds is 1. The molecule has 1 heterocycles. The average Bonchev–Trinajstić information content (AvgIpc) is 2.19. The third-order valence-electron chi connectivity index (χ3n) is 1.71. The van der Waals surface area contributed by atoms with Crippen LogP contribution in [-0.4, -0.2) is 15.1 Å². The molecule has 0 spiro atoms. The molecule has 0 radical (unpaired) electrons. The first-order valence-electron chi connectivity index (χ1n) is 3.92. The van der Waals surface area contributed by atoms with Crippen molar-refractivity contribution in [2.75, 3.05) is 0 Å². The number of phenolic OH excluding ortho intramolecular Hbond substituents is 1. The number of benzene rings is 1. The lowest BCUT2D eigenvalue weighted by molar-refractivity contribution is 0.475. The van der Waals surface area contributed by atoms with Crippen LogP contribution in [0, 0.1) is 0 Å². The maximum Gasteiger partial charge on any atom is 0.116 e. The van der Waals surface area contributed by atoms with E-state index in [1.807, 2.05) is 6.07 Å². The van der Waals surface area contributed by atoms with Crippen LogP contribution in [0.5, 0.6) is 5.75 Å². The lowest BCUT2D eigenvalue weighted by atomic mass is 10.1. The minimum absolute atomic E-state index is 0.239. The second kappa shape index (κ2) is 3.23. The summed E-state index contributed by atoms with van der Waals surface area (Å²) in [7, 11) is 0. The molecule has 0 amide bonds. The molecule has 1 aromatic heterocycles. The fourth-order valence-electron chi connectivity index (χ4n) is 1.11. The van der Waals surface area contributed by atoms with Crippen molar-refractivity contribution in [1.82, 2.24) is 9.97 Å². The van der Waals surface area contributed by atoms with E-state index in [0.717, 1.165) is 11.3 Å². The highest BCUT2D eigenvalue weighted by atomic mass is 16.3. The number of aromatic hydroxyl groups is 1. The topological polar surface area (TPSA) is 46.0 Å². The summed E-state index contributed by atoms with van der Waals surface area (Å²) < 4.78 is 0. The van der Waals surface area contributed by atoms with Crippen LogP contribution in [0.4, 0.5) is 0 Å². The van der Waals surface area contributed by atoms with Gasteiger partial charge in [-0.25, -0.2) is 0 Å². The van der Waals surface area contributed by atoms with Crippen LogP contribution in [0.3, 0.4) is 0 Å². The van der Waals surface area contributed by atoms with Crippen LogP contribution in [0.2, 0.25) is 0 Å². The Morgan fingerprint density at radius 3 is 2.77 bits per heavy atom. The molecule has 0 saturated heterocycles. The Labute approximate surface area is 75.7 Å². The van der Waals surface area contributed by atoms with Crippen molar-refractivity contribution >= 4 is 0 Å². The zero-order chi connectivity index (χ0) is 9.10. The molecule has 1 aromatic carbocycles. The Balaban J connectivity index is 2.48. The Bertz CT molecular complexity index is 401. The fourth-order valence-corrected chi connectivity index (χ4v) is 1.11. The van der Waals surface area contributed by atoms with Gasteiger partial charge >= 0.3 is 0 Å². The van der Waals surface area contributed by atoms with E-state index in [9.17, 15) is 5.11 Å². The van der Waals surface area contributed by atoms with Crippen molar-refractivity contribution in [2.45, 2.75) is 0 Å². The molecule has 2 aromatic rings. The summed E-state index contributed by atoms with van der Waals surface area (Å²) in [5.41, 5.74) is 1.63. The second-order valence-corrected chi connectivity index (χ2v) is 2.64. The Morgan fingerprint density at radius 2 is 2.08 bits per heavy atom. The summed E-state index contributed by atoms with van der Waals surface area (Å²) in [4.78, 5) is 8.06. The summed E-state index contributed by atoms with van der Waals surface area (Å²) in [6.45, 7) is 0. The van der Waals surface area contributed by atoms with Crippen molar-refractivity contribution in [2.24, 2.45) is 0 Å². The van der Waals surface area contributed by atoms with Crippen LogP contribution in [0.1, 0.15) is 0 Å². The molecular formula is C10H8N2O. The predicted molar refractivity (Wildman–Crippen MR) is 49.1 cm³/mol. The van der Waals surface area contributed by atoms with Gasteiger partial charge in [-0.3, -0.25) is 9.97 Å². The van der Waals surface area contributed by atoms with Gasteiger partial charge in [0.15, 0.2) is 0 Å². The molecule has 64 valence electrons. The molecule has 3 nitrogen and oxygen atoms in total. The molecule has 3 heteroatoms. The Hall–Kier alpha value is -1.90. The van der Waals surface area contributed by atoms with Crippen molar-refractivity contribution in [3.63, 3.8) is 0 Å². The molecule has 0 aliphatic carbocycles. The quantitative estimate of drug-likeness (QED) is 0.714. The third-order valence-corrected chi connectivity index (χ3v) is 1.71. The van der Waals surface area contributed by atoms with Gasteiger partial charge < -0.3 is 5.11 Å². The predicted octanol–water partition coefficient (Wildman–Crippen LogP) is 1.85. The number of phenols is 1. The maximum atomic E-state index is 9.23. The highest BCUT2D eigenvalue weighted by Gasteiger charge is 1.98. The van der Waals surface area contributed by atoms with Gasteiger partial charge in [0.25, 0.3) is 0 Å². The summed E-state index contributed by atoms with van der Waals surface area (Å²) in [5, 5.41) is 9.23. The van der Waals surface area contributed by atoms with Gasteiger partial charge in [-0.1, -0.05) is 12.1 Å². The molecule has 0 aliphatic rings.